The zero-order valence-corrected chi connectivity index (χ0v) is 11.8. The summed E-state index contributed by atoms with van der Waals surface area (Å²) in [4.78, 5) is 0. The molecule has 1 aliphatic rings. The molecule has 0 amide bonds. The molecule has 5 heteroatoms. The average Bonchev–Trinajstić information content (AvgIpc) is 2.32. The first-order valence-corrected chi connectivity index (χ1v) is 6.74. The predicted octanol–water partition coefficient (Wildman–Crippen LogP) is 2.16. The van der Waals surface area contributed by atoms with Crippen molar-refractivity contribution < 1.29 is 14.2 Å². The second-order valence-corrected chi connectivity index (χ2v) is 5.77. The predicted molar refractivity (Wildman–Crippen MR) is 70.6 cm³/mol. The fraction of sp³-hybridized carbons (Fsp3) is 0.538. The van der Waals surface area contributed by atoms with Crippen LogP contribution in [0.4, 0.5) is 4.39 Å². The van der Waals surface area contributed by atoms with E-state index in [9.17, 15) is 9.50 Å². The van der Waals surface area contributed by atoms with Crippen LogP contribution < -0.4 is 5.73 Å². The van der Waals surface area contributed by atoms with Crippen molar-refractivity contribution in [1.82, 2.24) is 0 Å². The Balaban J connectivity index is 2.46. The Morgan fingerprint density at radius 3 is 3.00 bits per heavy atom. The molecule has 100 valence electrons. The highest BCUT2D eigenvalue weighted by Crippen LogP contribution is 2.37. The van der Waals surface area contributed by atoms with Crippen LogP contribution in [0.1, 0.15) is 18.9 Å². The molecule has 1 aromatic rings. The summed E-state index contributed by atoms with van der Waals surface area (Å²) in [6.45, 7) is 2.45. The molecular formula is C13H17BrFNO2. The molecule has 1 heterocycles. The van der Waals surface area contributed by atoms with Gasteiger partial charge in [-0.1, -0.05) is 15.9 Å². The fourth-order valence-corrected chi connectivity index (χ4v) is 2.98. The Labute approximate surface area is 114 Å². The number of nitrogens with two attached hydrogens (primary N) is 1. The van der Waals surface area contributed by atoms with Gasteiger partial charge < -0.3 is 15.6 Å². The van der Waals surface area contributed by atoms with Crippen molar-refractivity contribution in [2.45, 2.75) is 25.0 Å². The van der Waals surface area contributed by atoms with Gasteiger partial charge in [-0.3, -0.25) is 0 Å². The maximum atomic E-state index is 14.0. The smallest absolute Gasteiger partial charge is 0.128 e. The SMILES string of the molecule is CC(O)C1CCOCC1(N)c1cc(Br)ccc1F. The maximum Gasteiger partial charge on any atom is 0.128 e. The van der Waals surface area contributed by atoms with E-state index in [4.69, 9.17) is 10.5 Å². The highest BCUT2D eigenvalue weighted by molar-refractivity contribution is 9.10. The molecule has 0 spiro atoms. The Kier molecular flexibility index (Phi) is 4.06. The summed E-state index contributed by atoms with van der Waals surface area (Å²) in [5, 5.41) is 9.86. The van der Waals surface area contributed by atoms with Gasteiger partial charge in [-0.25, -0.2) is 4.39 Å². The number of benzene rings is 1. The minimum Gasteiger partial charge on any atom is -0.393 e. The molecule has 3 nitrogen and oxygen atoms in total. The molecule has 3 atom stereocenters. The summed E-state index contributed by atoms with van der Waals surface area (Å²) >= 11 is 3.32. The molecule has 1 aromatic carbocycles. The summed E-state index contributed by atoms with van der Waals surface area (Å²) in [6.07, 6.45) is 0.0254. The number of halogens is 2. The van der Waals surface area contributed by atoms with E-state index in [1.807, 2.05) is 0 Å². The van der Waals surface area contributed by atoms with Crippen molar-refractivity contribution in [3.63, 3.8) is 0 Å². The van der Waals surface area contributed by atoms with Gasteiger partial charge in [0.25, 0.3) is 0 Å². The van der Waals surface area contributed by atoms with E-state index in [2.05, 4.69) is 15.9 Å². The highest BCUT2D eigenvalue weighted by atomic mass is 79.9. The monoisotopic (exact) mass is 317 g/mol. The highest BCUT2D eigenvalue weighted by Gasteiger charge is 2.43. The molecule has 2 rings (SSSR count). The van der Waals surface area contributed by atoms with Crippen molar-refractivity contribution in [3.05, 3.63) is 34.1 Å². The van der Waals surface area contributed by atoms with E-state index >= 15 is 0 Å². The summed E-state index contributed by atoms with van der Waals surface area (Å²) in [7, 11) is 0. The first-order chi connectivity index (χ1) is 8.45. The van der Waals surface area contributed by atoms with Gasteiger partial charge in [-0.15, -0.1) is 0 Å². The maximum absolute atomic E-state index is 14.0. The molecule has 1 fully saturated rings. The lowest BCUT2D eigenvalue weighted by Crippen LogP contribution is -2.55. The van der Waals surface area contributed by atoms with Crippen LogP contribution in [0, 0.1) is 11.7 Å². The largest absolute Gasteiger partial charge is 0.393 e. The quantitative estimate of drug-likeness (QED) is 0.879. The van der Waals surface area contributed by atoms with Crippen LogP contribution in [0.3, 0.4) is 0 Å². The molecule has 1 saturated heterocycles. The molecule has 0 bridgehead atoms. The third-order valence-electron chi connectivity index (χ3n) is 3.59. The molecule has 0 saturated carbocycles. The van der Waals surface area contributed by atoms with Gasteiger partial charge in [0.1, 0.15) is 5.82 Å². The Bertz CT molecular complexity index is 441. The lowest BCUT2D eigenvalue weighted by atomic mass is 9.73. The van der Waals surface area contributed by atoms with Crippen LogP contribution in [0.15, 0.2) is 22.7 Å². The third kappa shape index (κ3) is 2.45. The van der Waals surface area contributed by atoms with Crippen LogP contribution in [0.2, 0.25) is 0 Å². The van der Waals surface area contributed by atoms with Crippen LogP contribution >= 0.6 is 15.9 Å². The Morgan fingerprint density at radius 1 is 1.61 bits per heavy atom. The zero-order chi connectivity index (χ0) is 13.3. The minimum atomic E-state index is -0.986. The van der Waals surface area contributed by atoms with Gasteiger partial charge in [-0.05, 0) is 31.5 Å². The average molecular weight is 318 g/mol. The number of ether oxygens (including phenoxy) is 1. The van der Waals surface area contributed by atoms with E-state index in [1.165, 1.54) is 6.07 Å². The van der Waals surface area contributed by atoms with Crippen molar-refractivity contribution in [1.29, 1.82) is 0 Å². The number of hydrogen-bond acceptors (Lipinski definition) is 3. The van der Waals surface area contributed by atoms with Crippen LogP contribution in [-0.4, -0.2) is 24.4 Å². The van der Waals surface area contributed by atoms with E-state index in [0.717, 1.165) is 4.47 Å². The summed E-state index contributed by atoms with van der Waals surface area (Å²) in [5.41, 5.74) is 5.75. The van der Waals surface area contributed by atoms with Gasteiger partial charge in [0, 0.05) is 22.6 Å². The van der Waals surface area contributed by atoms with Gasteiger partial charge in [0.2, 0.25) is 0 Å². The van der Waals surface area contributed by atoms with Gasteiger partial charge in [0.15, 0.2) is 0 Å². The molecule has 3 N–H and O–H groups in total. The molecule has 3 unspecified atom stereocenters. The number of hydrogen-bond donors (Lipinski definition) is 2. The van der Waals surface area contributed by atoms with E-state index in [0.29, 0.717) is 18.6 Å². The van der Waals surface area contributed by atoms with Gasteiger partial charge >= 0.3 is 0 Å². The van der Waals surface area contributed by atoms with Crippen LogP contribution in [0.5, 0.6) is 0 Å². The summed E-state index contributed by atoms with van der Waals surface area (Å²) in [6, 6.07) is 4.67. The van der Waals surface area contributed by atoms with E-state index in [-0.39, 0.29) is 18.3 Å². The molecular weight excluding hydrogens is 301 g/mol. The van der Waals surface area contributed by atoms with E-state index in [1.54, 1.807) is 19.1 Å². The first-order valence-electron chi connectivity index (χ1n) is 5.95. The molecule has 18 heavy (non-hydrogen) atoms. The topological polar surface area (TPSA) is 55.5 Å². The van der Waals surface area contributed by atoms with Crippen molar-refractivity contribution in [2.75, 3.05) is 13.2 Å². The fourth-order valence-electron chi connectivity index (χ4n) is 2.62. The molecule has 0 aliphatic carbocycles. The van der Waals surface area contributed by atoms with Crippen molar-refractivity contribution >= 4 is 15.9 Å². The summed E-state index contributed by atoms with van der Waals surface area (Å²) < 4.78 is 20.2. The normalized spacial score (nSPS) is 30.2. The Hall–Kier alpha value is -0.490. The van der Waals surface area contributed by atoms with Crippen molar-refractivity contribution in [3.8, 4) is 0 Å². The standard InChI is InChI=1S/C13H17BrFNO2/c1-8(17)10-4-5-18-7-13(10,16)11-6-9(14)2-3-12(11)15/h2-3,6,8,10,17H,4-5,7,16H2,1H3. The van der Waals surface area contributed by atoms with E-state index < -0.39 is 11.6 Å². The van der Waals surface area contributed by atoms with Gasteiger partial charge in [0.05, 0.1) is 18.2 Å². The second kappa shape index (κ2) is 5.25. The zero-order valence-electron chi connectivity index (χ0n) is 10.2. The van der Waals surface area contributed by atoms with Gasteiger partial charge in [-0.2, -0.15) is 0 Å². The third-order valence-corrected chi connectivity index (χ3v) is 4.08. The van der Waals surface area contributed by atoms with Crippen LogP contribution in [0.25, 0.3) is 0 Å². The first kappa shape index (κ1) is 13.9. The Morgan fingerprint density at radius 2 is 2.33 bits per heavy atom. The lowest BCUT2D eigenvalue weighted by molar-refractivity contribution is -0.0500. The molecule has 1 aliphatic heterocycles. The number of rotatable bonds is 2. The number of aliphatic hydroxyl groups is 1. The number of aliphatic hydroxyl groups excluding tert-OH is 1. The van der Waals surface area contributed by atoms with Crippen LogP contribution in [-0.2, 0) is 10.3 Å². The lowest BCUT2D eigenvalue weighted by Gasteiger charge is -2.43. The molecule has 0 aromatic heterocycles. The molecule has 0 radical (unpaired) electrons. The van der Waals surface area contributed by atoms with Crippen molar-refractivity contribution in [2.24, 2.45) is 11.7 Å². The minimum absolute atomic E-state index is 0.213. The second-order valence-electron chi connectivity index (χ2n) is 4.85. The summed E-state index contributed by atoms with van der Waals surface area (Å²) in [5.74, 6) is -0.577.